The molecule has 2 atom stereocenters. The number of hydrogen-bond acceptors (Lipinski definition) is 3. The van der Waals surface area contributed by atoms with E-state index in [0.29, 0.717) is 0 Å². The third-order valence-corrected chi connectivity index (χ3v) is 4.36. The Bertz CT molecular complexity index is 394. The standard InChI is InChI=1S/C15H27N3O2/c1-10(12(19)18-14(2,3)4)17-13(20)11-9-15(11)5-7-16-8-6-15/h10-11,16H,5-9H2,1-4H3,(H,17,20)(H,18,19). The first-order valence-electron chi connectivity index (χ1n) is 7.57. The maximum Gasteiger partial charge on any atom is 0.242 e. The second-order valence-electron chi connectivity index (χ2n) is 7.34. The van der Waals surface area contributed by atoms with Gasteiger partial charge in [0.1, 0.15) is 6.04 Å². The van der Waals surface area contributed by atoms with Crippen LogP contribution in [0.25, 0.3) is 0 Å². The summed E-state index contributed by atoms with van der Waals surface area (Å²) < 4.78 is 0. The summed E-state index contributed by atoms with van der Waals surface area (Å²) in [5.41, 5.74) is -0.0541. The topological polar surface area (TPSA) is 70.2 Å². The Labute approximate surface area is 121 Å². The lowest BCUT2D eigenvalue weighted by atomic mass is 9.91. The van der Waals surface area contributed by atoms with Gasteiger partial charge in [0.25, 0.3) is 0 Å². The average Bonchev–Trinajstić information content (AvgIpc) is 3.01. The van der Waals surface area contributed by atoms with E-state index in [-0.39, 0.29) is 28.7 Å². The van der Waals surface area contributed by atoms with Crippen LogP contribution in [0.15, 0.2) is 0 Å². The zero-order valence-electron chi connectivity index (χ0n) is 13.0. The van der Waals surface area contributed by atoms with Gasteiger partial charge >= 0.3 is 0 Å². The summed E-state index contributed by atoms with van der Waals surface area (Å²) in [5.74, 6) is 0.0313. The van der Waals surface area contributed by atoms with Crippen molar-refractivity contribution < 1.29 is 9.59 Å². The molecule has 5 nitrogen and oxygen atoms in total. The van der Waals surface area contributed by atoms with Crippen molar-refractivity contribution in [3.63, 3.8) is 0 Å². The normalized spacial score (nSPS) is 25.9. The molecule has 114 valence electrons. The predicted octanol–water partition coefficient (Wildman–Crippen LogP) is 0.796. The fourth-order valence-electron chi connectivity index (χ4n) is 3.05. The lowest BCUT2D eigenvalue weighted by molar-refractivity contribution is -0.130. The highest BCUT2D eigenvalue weighted by Gasteiger charge is 2.57. The lowest BCUT2D eigenvalue weighted by Crippen LogP contribution is -2.51. The van der Waals surface area contributed by atoms with Gasteiger partial charge < -0.3 is 16.0 Å². The van der Waals surface area contributed by atoms with Crippen LogP contribution in [0, 0.1) is 11.3 Å². The van der Waals surface area contributed by atoms with Crippen LogP contribution in [-0.2, 0) is 9.59 Å². The summed E-state index contributed by atoms with van der Waals surface area (Å²) >= 11 is 0. The van der Waals surface area contributed by atoms with Gasteiger partial charge in [-0.3, -0.25) is 9.59 Å². The molecule has 1 aliphatic carbocycles. The van der Waals surface area contributed by atoms with E-state index in [1.54, 1.807) is 6.92 Å². The van der Waals surface area contributed by atoms with Crippen molar-refractivity contribution in [2.75, 3.05) is 13.1 Å². The van der Waals surface area contributed by atoms with Crippen LogP contribution in [0.1, 0.15) is 47.0 Å². The van der Waals surface area contributed by atoms with Gasteiger partial charge in [-0.2, -0.15) is 0 Å². The van der Waals surface area contributed by atoms with E-state index in [0.717, 1.165) is 32.4 Å². The van der Waals surface area contributed by atoms with Crippen LogP contribution in [0.5, 0.6) is 0 Å². The van der Waals surface area contributed by atoms with Crippen molar-refractivity contribution in [1.82, 2.24) is 16.0 Å². The van der Waals surface area contributed by atoms with Crippen LogP contribution in [0.3, 0.4) is 0 Å². The summed E-state index contributed by atoms with van der Waals surface area (Å²) in [6, 6.07) is -0.471. The van der Waals surface area contributed by atoms with Crippen molar-refractivity contribution in [1.29, 1.82) is 0 Å². The fraction of sp³-hybridized carbons (Fsp3) is 0.867. The number of carbonyl (C=O) groups excluding carboxylic acids is 2. The van der Waals surface area contributed by atoms with E-state index in [2.05, 4.69) is 16.0 Å². The minimum absolute atomic E-state index is 0.0449. The molecule has 1 heterocycles. The Morgan fingerprint density at radius 2 is 1.85 bits per heavy atom. The monoisotopic (exact) mass is 281 g/mol. The Morgan fingerprint density at radius 1 is 1.25 bits per heavy atom. The number of carbonyl (C=O) groups is 2. The molecule has 0 aromatic carbocycles. The highest BCUT2D eigenvalue weighted by atomic mass is 16.2. The Balaban J connectivity index is 1.82. The van der Waals surface area contributed by atoms with Crippen LogP contribution < -0.4 is 16.0 Å². The molecule has 0 bridgehead atoms. The number of piperidine rings is 1. The van der Waals surface area contributed by atoms with Crippen LogP contribution in [0.4, 0.5) is 0 Å². The highest BCUT2D eigenvalue weighted by molar-refractivity contribution is 5.90. The molecule has 0 aromatic heterocycles. The van der Waals surface area contributed by atoms with E-state index >= 15 is 0 Å². The average molecular weight is 281 g/mol. The van der Waals surface area contributed by atoms with Crippen molar-refractivity contribution >= 4 is 11.8 Å². The highest BCUT2D eigenvalue weighted by Crippen LogP contribution is 2.58. The summed E-state index contributed by atoms with van der Waals surface area (Å²) in [6.07, 6.45) is 3.13. The third-order valence-electron chi connectivity index (χ3n) is 4.36. The van der Waals surface area contributed by atoms with Crippen LogP contribution >= 0.6 is 0 Å². The summed E-state index contributed by atoms with van der Waals surface area (Å²) in [5, 5.41) is 9.08. The molecule has 1 aliphatic heterocycles. The van der Waals surface area contributed by atoms with Crippen molar-refractivity contribution in [2.24, 2.45) is 11.3 Å². The first kappa shape index (κ1) is 15.3. The minimum Gasteiger partial charge on any atom is -0.350 e. The number of amides is 2. The van der Waals surface area contributed by atoms with Gasteiger partial charge in [-0.25, -0.2) is 0 Å². The molecule has 0 radical (unpaired) electrons. The molecule has 5 heteroatoms. The molecule has 2 amide bonds. The second-order valence-corrected chi connectivity index (χ2v) is 7.34. The summed E-state index contributed by atoms with van der Waals surface area (Å²) in [6.45, 7) is 9.56. The number of nitrogens with one attached hydrogen (secondary N) is 3. The van der Waals surface area contributed by atoms with E-state index < -0.39 is 6.04 Å². The molecule has 2 rings (SSSR count). The Morgan fingerprint density at radius 3 is 2.40 bits per heavy atom. The van der Waals surface area contributed by atoms with Crippen molar-refractivity contribution in [3.8, 4) is 0 Å². The molecule has 2 aliphatic rings. The summed E-state index contributed by atoms with van der Waals surface area (Å²) in [4.78, 5) is 24.2. The molecule has 2 unspecified atom stereocenters. The van der Waals surface area contributed by atoms with Gasteiger partial charge in [0.2, 0.25) is 11.8 Å². The quantitative estimate of drug-likeness (QED) is 0.716. The molecule has 1 spiro atoms. The van der Waals surface area contributed by atoms with E-state index in [9.17, 15) is 9.59 Å². The molecule has 3 N–H and O–H groups in total. The Hall–Kier alpha value is -1.10. The lowest BCUT2D eigenvalue weighted by Gasteiger charge is -2.25. The van der Waals surface area contributed by atoms with Crippen LogP contribution in [-0.4, -0.2) is 36.5 Å². The summed E-state index contributed by atoms with van der Waals surface area (Å²) in [7, 11) is 0. The van der Waals surface area contributed by atoms with Gasteiger partial charge in [0, 0.05) is 11.5 Å². The van der Waals surface area contributed by atoms with Gasteiger partial charge in [-0.05, 0) is 65.5 Å². The maximum absolute atomic E-state index is 12.2. The molecule has 1 saturated heterocycles. The molecule has 0 aromatic rings. The van der Waals surface area contributed by atoms with E-state index in [1.165, 1.54) is 0 Å². The fourth-order valence-corrected chi connectivity index (χ4v) is 3.05. The van der Waals surface area contributed by atoms with Crippen LogP contribution in [0.2, 0.25) is 0 Å². The maximum atomic E-state index is 12.2. The third kappa shape index (κ3) is 3.51. The number of rotatable bonds is 3. The zero-order chi connectivity index (χ0) is 15.0. The predicted molar refractivity (Wildman–Crippen MR) is 78.1 cm³/mol. The van der Waals surface area contributed by atoms with Gasteiger partial charge in [-0.1, -0.05) is 0 Å². The SMILES string of the molecule is CC(NC(=O)C1CC12CCNCC2)C(=O)NC(C)(C)C. The Kier molecular flexibility index (Phi) is 4.09. The molecule has 20 heavy (non-hydrogen) atoms. The smallest absolute Gasteiger partial charge is 0.242 e. The van der Waals surface area contributed by atoms with Crippen molar-refractivity contribution in [2.45, 2.75) is 58.5 Å². The first-order chi connectivity index (χ1) is 9.23. The van der Waals surface area contributed by atoms with E-state index in [4.69, 9.17) is 0 Å². The number of hydrogen-bond donors (Lipinski definition) is 3. The largest absolute Gasteiger partial charge is 0.350 e. The van der Waals surface area contributed by atoms with Gasteiger partial charge in [0.05, 0.1) is 0 Å². The van der Waals surface area contributed by atoms with Gasteiger partial charge in [-0.15, -0.1) is 0 Å². The second kappa shape index (κ2) is 5.35. The first-order valence-corrected chi connectivity index (χ1v) is 7.57. The minimum atomic E-state index is -0.471. The molecular weight excluding hydrogens is 254 g/mol. The zero-order valence-corrected chi connectivity index (χ0v) is 13.0. The van der Waals surface area contributed by atoms with Crippen molar-refractivity contribution in [3.05, 3.63) is 0 Å². The molecule has 2 fully saturated rings. The molecular formula is C15H27N3O2. The molecule has 1 saturated carbocycles. The van der Waals surface area contributed by atoms with Gasteiger partial charge in [0.15, 0.2) is 0 Å². The van der Waals surface area contributed by atoms with E-state index in [1.807, 2.05) is 20.8 Å².